The van der Waals surface area contributed by atoms with Gasteiger partial charge in [-0.25, -0.2) is 9.18 Å². The maximum absolute atomic E-state index is 13.9. The highest BCUT2D eigenvalue weighted by atomic mass is 19.1. The fourth-order valence-corrected chi connectivity index (χ4v) is 4.37. The second-order valence-electron chi connectivity index (χ2n) is 8.14. The number of methoxy groups -OCH3 is 1. The lowest BCUT2D eigenvalue weighted by Crippen LogP contribution is -2.38. The summed E-state index contributed by atoms with van der Waals surface area (Å²) in [6.45, 7) is 2.08. The topological polar surface area (TPSA) is 87.1 Å². The Morgan fingerprint density at radius 1 is 1.21 bits per heavy atom. The summed E-state index contributed by atoms with van der Waals surface area (Å²) in [7, 11) is 1.26. The third-order valence-electron chi connectivity index (χ3n) is 6.16. The Morgan fingerprint density at radius 3 is 2.76 bits per heavy atom. The Bertz CT molecular complexity index is 1090. The van der Waals surface area contributed by atoms with E-state index in [4.69, 9.17) is 14.2 Å². The first-order valence-corrected chi connectivity index (χ1v) is 11.1. The second kappa shape index (κ2) is 10.2. The van der Waals surface area contributed by atoms with Crippen molar-refractivity contribution in [3.05, 3.63) is 63.3 Å². The molecule has 0 saturated carbocycles. The van der Waals surface area contributed by atoms with Crippen LogP contribution in [0.4, 0.5) is 4.39 Å². The predicted molar refractivity (Wildman–Crippen MR) is 117 cm³/mol. The van der Waals surface area contributed by atoms with Gasteiger partial charge in [-0.2, -0.15) is 0 Å². The molecule has 1 atom stereocenters. The number of fused-ring (bicyclic) bond motifs is 1. The van der Waals surface area contributed by atoms with Crippen molar-refractivity contribution in [1.82, 2.24) is 9.47 Å². The van der Waals surface area contributed by atoms with E-state index in [1.807, 2.05) is 0 Å². The fraction of sp³-hybridized carbons (Fsp3) is 0.458. The Hall–Kier alpha value is -3.20. The SMILES string of the molecule is COC(=O)c1c(OCCc2ccccc2F)cc(=O)n2c1CCN(C(=O)[C@H]1CCOC1)CC2. The average molecular weight is 458 g/mol. The number of nitrogens with zero attached hydrogens (tertiary/aromatic N) is 2. The molecule has 2 aromatic rings. The van der Waals surface area contributed by atoms with Crippen LogP contribution < -0.4 is 10.3 Å². The summed E-state index contributed by atoms with van der Waals surface area (Å²) in [5.41, 5.74) is 0.808. The molecule has 3 heterocycles. The van der Waals surface area contributed by atoms with Crippen LogP contribution in [0.1, 0.15) is 28.0 Å². The standard InChI is InChI=1S/C24H27FN2O6/c1-31-24(30)22-19-6-9-26(23(29)17-7-12-32-15-17)10-11-27(19)21(28)14-20(22)33-13-8-16-4-2-3-5-18(16)25/h2-5,14,17H,6-13,15H2,1H3/t17-/m0/s1. The van der Waals surface area contributed by atoms with Crippen LogP contribution in [0.3, 0.4) is 0 Å². The van der Waals surface area contributed by atoms with Gasteiger partial charge in [-0.1, -0.05) is 18.2 Å². The number of esters is 1. The van der Waals surface area contributed by atoms with Crippen molar-refractivity contribution in [3.63, 3.8) is 0 Å². The zero-order chi connectivity index (χ0) is 23.4. The second-order valence-corrected chi connectivity index (χ2v) is 8.14. The van der Waals surface area contributed by atoms with Crippen molar-refractivity contribution in [2.24, 2.45) is 5.92 Å². The first-order chi connectivity index (χ1) is 16.0. The summed E-state index contributed by atoms with van der Waals surface area (Å²) in [4.78, 5) is 40.1. The fourth-order valence-electron chi connectivity index (χ4n) is 4.37. The van der Waals surface area contributed by atoms with Gasteiger partial charge in [-0.05, 0) is 18.1 Å². The third kappa shape index (κ3) is 4.93. The molecule has 0 radical (unpaired) electrons. The monoisotopic (exact) mass is 458 g/mol. The number of rotatable bonds is 6. The minimum atomic E-state index is -0.622. The number of amides is 1. The van der Waals surface area contributed by atoms with E-state index in [1.54, 1.807) is 23.1 Å². The van der Waals surface area contributed by atoms with E-state index in [1.165, 1.54) is 23.8 Å². The molecule has 1 saturated heterocycles. The Kier molecular flexibility index (Phi) is 7.08. The average Bonchev–Trinajstić information content (AvgIpc) is 3.26. The normalized spacial score (nSPS) is 17.9. The Morgan fingerprint density at radius 2 is 2.03 bits per heavy atom. The molecule has 1 aromatic heterocycles. The smallest absolute Gasteiger partial charge is 0.343 e. The molecule has 176 valence electrons. The molecule has 9 heteroatoms. The number of aromatic nitrogens is 1. The van der Waals surface area contributed by atoms with Crippen LogP contribution in [0.2, 0.25) is 0 Å². The van der Waals surface area contributed by atoms with Crippen LogP contribution in [0.5, 0.6) is 5.75 Å². The van der Waals surface area contributed by atoms with Crippen molar-refractivity contribution in [1.29, 1.82) is 0 Å². The molecule has 0 unspecified atom stereocenters. The van der Waals surface area contributed by atoms with E-state index in [9.17, 15) is 18.8 Å². The van der Waals surface area contributed by atoms with Gasteiger partial charge in [0.15, 0.2) is 0 Å². The van der Waals surface area contributed by atoms with E-state index in [2.05, 4.69) is 0 Å². The van der Waals surface area contributed by atoms with Gasteiger partial charge in [0.05, 0.1) is 26.2 Å². The number of ether oxygens (including phenoxy) is 3. The molecule has 0 spiro atoms. The minimum absolute atomic E-state index is 0.00864. The lowest BCUT2D eigenvalue weighted by atomic mass is 10.1. The highest BCUT2D eigenvalue weighted by molar-refractivity contribution is 5.93. The molecular weight excluding hydrogens is 431 g/mol. The molecular formula is C24H27FN2O6. The zero-order valence-corrected chi connectivity index (χ0v) is 18.5. The maximum atomic E-state index is 13.9. The first kappa shape index (κ1) is 23.0. The van der Waals surface area contributed by atoms with Crippen LogP contribution in [-0.4, -0.2) is 61.4 Å². The number of carbonyl (C=O) groups excluding carboxylic acids is 2. The third-order valence-corrected chi connectivity index (χ3v) is 6.16. The number of hydrogen-bond acceptors (Lipinski definition) is 6. The van der Waals surface area contributed by atoms with E-state index in [0.717, 1.165) is 0 Å². The molecule has 4 rings (SSSR count). The minimum Gasteiger partial charge on any atom is -0.492 e. The summed E-state index contributed by atoms with van der Waals surface area (Å²) in [5, 5.41) is 0. The molecule has 1 aromatic carbocycles. The van der Waals surface area contributed by atoms with Crippen LogP contribution >= 0.6 is 0 Å². The van der Waals surface area contributed by atoms with Crippen LogP contribution in [-0.2, 0) is 33.7 Å². The lowest BCUT2D eigenvalue weighted by Gasteiger charge is -2.22. The van der Waals surface area contributed by atoms with Crippen LogP contribution in [0.25, 0.3) is 0 Å². The first-order valence-electron chi connectivity index (χ1n) is 11.1. The molecule has 2 aliphatic heterocycles. The van der Waals surface area contributed by atoms with Gasteiger partial charge >= 0.3 is 5.97 Å². The Balaban J connectivity index is 1.57. The molecule has 0 aliphatic carbocycles. The molecule has 8 nitrogen and oxygen atoms in total. The van der Waals surface area contributed by atoms with Crippen molar-refractivity contribution < 1.29 is 28.2 Å². The molecule has 2 aliphatic rings. The highest BCUT2D eigenvalue weighted by Crippen LogP contribution is 2.25. The van der Waals surface area contributed by atoms with Gasteiger partial charge in [-0.15, -0.1) is 0 Å². The van der Waals surface area contributed by atoms with Gasteiger partial charge < -0.3 is 23.7 Å². The van der Waals surface area contributed by atoms with Crippen molar-refractivity contribution >= 4 is 11.9 Å². The Labute approximate surface area is 190 Å². The van der Waals surface area contributed by atoms with E-state index >= 15 is 0 Å². The molecule has 33 heavy (non-hydrogen) atoms. The largest absolute Gasteiger partial charge is 0.492 e. The quantitative estimate of drug-likeness (QED) is 0.614. The summed E-state index contributed by atoms with van der Waals surface area (Å²) in [6, 6.07) is 7.63. The van der Waals surface area contributed by atoms with Gasteiger partial charge in [0.2, 0.25) is 5.91 Å². The van der Waals surface area contributed by atoms with Crippen molar-refractivity contribution in [3.8, 4) is 5.75 Å². The molecule has 1 amide bonds. The van der Waals surface area contributed by atoms with Crippen molar-refractivity contribution in [2.45, 2.75) is 25.8 Å². The van der Waals surface area contributed by atoms with Gasteiger partial charge in [0.1, 0.15) is 17.1 Å². The highest BCUT2D eigenvalue weighted by Gasteiger charge is 2.31. The summed E-state index contributed by atoms with van der Waals surface area (Å²) in [6.07, 6.45) is 1.27. The summed E-state index contributed by atoms with van der Waals surface area (Å²) >= 11 is 0. The van der Waals surface area contributed by atoms with Gasteiger partial charge in [0.25, 0.3) is 5.56 Å². The van der Waals surface area contributed by atoms with Gasteiger partial charge in [0, 0.05) is 50.8 Å². The van der Waals surface area contributed by atoms with Crippen LogP contribution in [0.15, 0.2) is 35.1 Å². The van der Waals surface area contributed by atoms with E-state index < -0.39 is 5.97 Å². The number of carbonyl (C=O) groups is 2. The maximum Gasteiger partial charge on any atom is 0.343 e. The van der Waals surface area contributed by atoms with Crippen LogP contribution in [0, 0.1) is 11.7 Å². The number of hydrogen-bond donors (Lipinski definition) is 0. The zero-order valence-electron chi connectivity index (χ0n) is 18.5. The predicted octanol–water partition coefficient (Wildman–Crippen LogP) is 1.82. The molecule has 0 bridgehead atoms. The summed E-state index contributed by atoms with van der Waals surface area (Å²) < 4.78 is 31.5. The lowest BCUT2D eigenvalue weighted by molar-refractivity contribution is -0.135. The number of pyridine rings is 1. The van der Waals surface area contributed by atoms with Gasteiger partial charge in [-0.3, -0.25) is 9.59 Å². The van der Waals surface area contributed by atoms with E-state index in [0.29, 0.717) is 50.4 Å². The summed E-state index contributed by atoms with van der Waals surface area (Å²) in [5.74, 6) is -1.01. The molecule has 0 N–H and O–H groups in total. The molecule has 1 fully saturated rings. The number of benzene rings is 1. The number of halogens is 1. The van der Waals surface area contributed by atoms with E-state index in [-0.39, 0.29) is 54.1 Å². The van der Waals surface area contributed by atoms with Crippen molar-refractivity contribution in [2.75, 3.05) is 40.0 Å².